The van der Waals surface area contributed by atoms with Crippen LogP contribution in [-0.2, 0) is 4.79 Å². The fourth-order valence-corrected chi connectivity index (χ4v) is 2.75. The minimum absolute atomic E-state index is 0.00127. The monoisotopic (exact) mass is 265 g/mol. The molecule has 19 heavy (non-hydrogen) atoms. The Labute approximate surface area is 114 Å². The SMILES string of the molecule is CC(C(=O)NCC1(N(C)C)CCCC1)n1cncn1. The molecule has 0 bridgehead atoms. The van der Waals surface area contributed by atoms with Crippen molar-refractivity contribution in [3.63, 3.8) is 0 Å². The van der Waals surface area contributed by atoms with Crippen molar-refractivity contribution in [3.05, 3.63) is 12.7 Å². The molecule has 1 N–H and O–H groups in total. The first kappa shape index (κ1) is 14.0. The molecule has 0 radical (unpaired) electrons. The zero-order valence-electron chi connectivity index (χ0n) is 12.0. The molecule has 1 saturated carbocycles. The summed E-state index contributed by atoms with van der Waals surface area (Å²) in [5.41, 5.74) is 0.123. The largest absolute Gasteiger partial charge is 0.352 e. The summed E-state index contributed by atoms with van der Waals surface area (Å²) in [5.74, 6) is -0.00127. The molecule has 0 spiro atoms. The van der Waals surface area contributed by atoms with Gasteiger partial charge in [0, 0.05) is 12.1 Å². The number of nitrogens with one attached hydrogen (secondary N) is 1. The van der Waals surface area contributed by atoms with E-state index in [4.69, 9.17) is 0 Å². The van der Waals surface area contributed by atoms with Crippen molar-refractivity contribution < 1.29 is 4.79 Å². The molecule has 1 aliphatic carbocycles. The number of aromatic nitrogens is 3. The van der Waals surface area contributed by atoms with Crippen molar-refractivity contribution in [1.82, 2.24) is 25.0 Å². The van der Waals surface area contributed by atoms with E-state index < -0.39 is 0 Å². The molecule has 1 aromatic rings. The number of likely N-dealkylation sites (N-methyl/N-ethyl adjacent to an activating group) is 1. The maximum absolute atomic E-state index is 12.1. The van der Waals surface area contributed by atoms with E-state index in [0.717, 1.165) is 12.8 Å². The third kappa shape index (κ3) is 2.94. The molecule has 6 heteroatoms. The molecule has 0 aliphatic heterocycles. The summed E-state index contributed by atoms with van der Waals surface area (Å²) in [5, 5.41) is 7.07. The number of hydrogen-bond donors (Lipinski definition) is 1. The Morgan fingerprint density at radius 2 is 2.16 bits per heavy atom. The summed E-state index contributed by atoms with van der Waals surface area (Å²) in [7, 11) is 4.19. The highest BCUT2D eigenvalue weighted by molar-refractivity contribution is 5.79. The standard InChI is InChI=1S/C13H23N5O/c1-11(18-10-14-9-16-18)12(19)15-8-13(17(2)3)6-4-5-7-13/h9-11H,4-8H2,1-3H3,(H,15,19). The van der Waals surface area contributed by atoms with Gasteiger partial charge in [0.25, 0.3) is 0 Å². The summed E-state index contributed by atoms with van der Waals surface area (Å²) in [6.45, 7) is 2.54. The maximum atomic E-state index is 12.1. The second-order valence-corrected chi connectivity index (χ2v) is 5.60. The van der Waals surface area contributed by atoms with Crippen LogP contribution in [0.1, 0.15) is 38.6 Å². The van der Waals surface area contributed by atoms with Gasteiger partial charge < -0.3 is 10.2 Å². The second-order valence-electron chi connectivity index (χ2n) is 5.60. The maximum Gasteiger partial charge on any atom is 0.244 e. The number of nitrogens with zero attached hydrogens (tertiary/aromatic N) is 4. The predicted octanol–water partition coefficient (Wildman–Crippen LogP) is 0.830. The molecule has 1 aromatic heterocycles. The Morgan fingerprint density at radius 1 is 1.47 bits per heavy atom. The fourth-order valence-electron chi connectivity index (χ4n) is 2.75. The lowest BCUT2D eigenvalue weighted by atomic mass is 9.96. The number of hydrogen-bond acceptors (Lipinski definition) is 4. The lowest BCUT2D eigenvalue weighted by Gasteiger charge is -2.36. The van der Waals surface area contributed by atoms with Gasteiger partial charge in [0.1, 0.15) is 18.7 Å². The molecule has 1 aliphatic rings. The van der Waals surface area contributed by atoms with E-state index >= 15 is 0 Å². The third-order valence-electron chi connectivity index (χ3n) is 4.29. The van der Waals surface area contributed by atoms with Crippen molar-refractivity contribution in [3.8, 4) is 0 Å². The molecule has 1 fully saturated rings. The van der Waals surface area contributed by atoms with Crippen LogP contribution < -0.4 is 5.32 Å². The van der Waals surface area contributed by atoms with Gasteiger partial charge in [-0.2, -0.15) is 5.10 Å². The first-order valence-corrected chi connectivity index (χ1v) is 6.84. The van der Waals surface area contributed by atoms with Gasteiger partial charge in [0.15, 0.2) is 0 Å². The quantitative estimate of drug-likeness (QED) is 0.856. The lowest BCUT2D eigenvalue weighted by molar-refractivity contribution is -0.124. The first-order chi connectivity index (χ1) is 9.05. The van der Waals surface area contributed by atoms with Gasteiger partial charge in [-0.3, -0.25) is 4.79 Å². The molecule has 0 saturated heterocycles. The smallest absolute Gasteiger partial charge is 0.244 e. The highest BCUT2D eigenvalue weighted by atomic mass is 16.2. The van der Waals surface area contributed by atoms with E-state index in [2.05, 4.69) is 34.4 Å². The van der Waals surface area contributed by atoms with Crippen molar-refractivity contribution in [2.45, 2.75) is 44.2 Å². The van der Waals surface area contributed by atoms with Gasteiger partial charge >= 0.3 is 0 Å². The van der Waals surface area contributed by atoms with Gasteiger partial charge in [-0.05, 0) is 33.9 Å². The zero-order valence-corrected chi connectivity index (χ0v) is 12.0. The van der Waals surface area contributed by atoms with Crippen molar-refractivity contribution >= 4 is 5.91 Å². The van der Waals surface area contributed by atoms with Gasteiger partial charge in [0.05, 0.1) is 0 Å². The van der Waals surface area contributed by atoms with Crippen molar-refractivity contribution in [1.29, 1.82) is 0 Å². The summed E-state index contributed by atoms with van der Waals surface area (Å²) < 4.78 is 1.58. The molecule has 1 amide bonds. The highest BCUT2D eigenvalue weighted by Crippen LogP contribution is 2.33. The molecule has 6 nitrogen and oxygen atoms in total. The lowest BCUT2D eigenvalue weighted by Crippen LogP contribution is -2.51. The number of amides is 1. The van der Waals surface area contributed by atoms with E-state index in [1.807, 2.05) is 6.92 Å². The van der Waals surface area contributed by atoms with E-state index in [1.165, 1.54) is 19.2 Å². The van der Waals surface area contributed by atoms with Crippen LogP contribution in [0, 0.1) is 0 Å². The molecular weight excluding hydrogens is 242 g/mol. The van der Waals surface area contributed by atoms with Crippen LogP contribution in [0.15, 0.2) is 12.7 Å². The van der Waals surface area contributed by atoms with Crippen LogP contribution in [0.4, 0.5) is 0 Å². The average molecular weight is 265 g/mol. The molecule has 1 atom stereocenters. The van der Waals surface area contributed by atoms with Crippen LogP contribution in [0.5, 0.6) is 0 Å². The third-order valence-corrected chi connectivity index (χ3v) is 4.29. The Hall–Kier alpha value is -1.43. The first-order valence-electron chi connectivity index (χ1n) is 6.84. The normalized spacial score (nSPS) is 19.6. The molecule has 106 valence electrons. The fraction of sp³-hybridized carbons (Fsp3) is 0.769. The zero-order chi connectivity index (χ0) is 13.9. The van der Waals surface area contributed by atoms with Crippen molar-refractivity contribution in [2.24, 2.45) is 0 Å². The number of rotatable bonds is 5. The van der Waals surface area contributed by atoms with Gasteiger partial charge in [-0.15, -0.1) is 0 Å². The minimum atomic E-state index is -0.317. The second kappa shape index (κ2) is 5.69. The molecule has 2 rings (SSSR count). The number of carbonyl (C=O) groups excluding carboxylic acids is 1. The van der Waals surface area contributed by atoms with Gasteiger partial charge in [0.2, 0.25) is 5.91 Å². The summed E-state index contributed by atoms with van der Waals surface area (Å²) >= 11 is 0. The van der Waals surface area contributed by atoms with E-state index in [1.54, 1.807) is 11.0 Å². The summed E-state index contributed by atoms with van der Waals surface area (Å²) in [6, 6.07) is -0.317. The summed E-state index contributed by atoms with van der Waals surface area (Å²) in [4.78, 5) is 18.3. The molecule has 1 heterocycles. The van der Waals surface area contributed by atoms with Gasteiger partial charge in [-0.25, -0.2) is 9.67 Å². The number of carbonyl (C=O) groups is 1. The Kier molecular flexibility index (Phi) is 4.19. The molecule has 1 unspecified atom stereocenters. The topological polar surface area (TPSA) is 63.1 Å². The van der Waals surface area contributed by atoms with Crippen LogP contribution in [0.25, 0.3) is 0 Å². The van der Waals surface area contributed by atoms with Crippen LogP contribution in [-0.4, -0.2) is 51.8 Å². The summed E-state index contributed by atoms with van der Waals surface area (Å²) in [6.07, 6.45) is 7.80. The van der Waals surface area contributed by atoms with Gasteiger partial charge in [-0.1, -0.05) is 12.8 Å². The van der Waals surface area contributed by atoms with Crippen LogP contribution >= 0.6 is 0 Å². The highest BCUT2D eigenvalue weighted by Gasteiger charge is 2.36. The average Bonchev–Trinajstić information content (AvgIpc) is 3.06. The van der Waals surface area contributed by atoms with Crippen LogP contribution in [0.3, 0.4) is 0 Å². The Balaban J connectivity index is 1.92. The Bertz CT molecular complexity index is 409. The van der Waals surface area contributed by atoms with E-state index in [9.17, 15) is 4.79 Å². The molecule has 0 aromatic carbocycles. The minimum Gasteiger partial charge on any atom is -0.352 e. The molecular formula is C13H23N5O. The van der Waals surface area contributed by atoms with Crippen LogP contribution in [0.2, 0.25) is 0 Å². The predicted molar refractivity (Wildman–Crippen MR) is 72.6 cm³/mol. The van der Waals surface area contributed by atoms with Crippen molar-refractivity contribution in [2.75, 3.05) is 20.6 Å². The Morgan fingerprint density at radius 3 is 2.68 bits per heavy atom. The van der Waals surface area contributed by atoms with E-state index in [-0.39, 0.29) is 17.5 Å². The van der Waals surface area contributed by atoms with E-state index in [0.29, 0.717) is 6.54 Å².